The quantitative estimate of drug-likeness (QED) is 0.382. The van der Waals surface area contributed by atoms with Crippen molar-refractivity contribution in [2.24, 2.45) is 12.8 Å². The van der Waals surface area contributed by atoms with Crippen molar-refractivity contribution in [1.29, 1.82) is 5.41 Å². The SMILES string of the molecule is COC(=O)CCc1ccc(-c2c(C)n(-c3ccc(C(=N)N)cc3)c(=O)n2C)cc1. The lowest BCUT2D eigenvalue weighted by atomic mass is 10.0. The minimum atomic E-state index is -0.236. The molecule has 0 saturated carbocycles. The Kier molecular flexibility index (Phi) is 5.68. The minimum absolute atomic E-state index is 0.0124. The topological polar surface area (TPSA) is 103 Å². The van der Waals surface area contributed by atoms with Crippen LogP contribution in [0.5, 0.6) is 0 Å². The Labute approximate surface area is 168 Å². The number of rotatable bonds is 6. The molecule has 3 aromatic rings. The molecule has 7 heteroatoms. The van der Waals surface area contributed by atoms with E-state index in [1.165, 1.54) is 7.11 Å². The summed E-state index contributed by atoms with van der Waals surface area (Å²) in [6.07, 6.45) is 0.939. The number of esters is 1. The van der Waals surface area contributed by atoms with Crippen molar-refractivity contribution in [3.63, 3.8) is 0 Å². The van der Waals surface area contributed by atoms with Crippen LogP contribution < -0.4 is 11.4 Å². The first-order chi connectivity index (χ1) is 13.8. The number of methoxy groups -OCH3 is 1. The molecule has 0 spiro atoms. The van der Waals surface area contributed by atoms with E-state index in [-0.39, 0.29) is 17.5 Å². The van der Waals surface area contributed by atoms with Crippen molar-refractivity contribution >= 4 is 11.8 Å². The highest BCUT2D eigenvalue weighted by atomic mass is 16.5. The van der Waals surface area contributed by atoms with Gasteiger partial charge in [-0.3, -0.25) is 19.3 Å². The summed E-state index contributed by atoms with van der Waals surface area (Å²) >= 11 is 0. The molecule has 0 aliphatic heterocycles. The van der Waals surface area contributed by atoms with Crippen LogP contribution in [0.15, 0.2) is 53.3 Å². The first-order valence-electron chi connectivity index (χ1n) is 9.22. The summed E-state index contributed by atoms with van der Waals surface area (Å²) in [5.41, 5.74) is 10.3. The van der Waals surface area contributed by atoms with E-state index in [1.807, 2.05) is 31.2 Å². The molecule has 150 valence electrons. The second-order valence-electron chi connectivity index (χ2n) is 6.84. The van der Waals surface area contributed by atoms with Gasteiger partial charge in [0.1, 0.15) is 5.84 Å². The number of aromatic nitrogens is 2. The number of nitrogens with one attached hydrogen (secondary N) is 1. The van der Waals surface area contributed by atoms with E-state index in [0.29, 0.717) is 24.1 Å². The van der Waals surface area contributed by atoms with Gasteiger partial charge in [-0.2, -0.15) is 0 Å². The number of nitrogens with zero attached hydrogens (tertiary/aromatic N) is 2. The van der Waals surface area contributed by atoms with Gasteiger partial charge < -0.3 is 10.5 Å². The van der Waals surface area contributed by atoms with Gasteiger partial charge >= 0.3 is 11.7 Å². The molecule has 0 aliphatic carbocycles. The van der Waals surface area contributed by atoms with E-state index in [2.05, 4.69) is 4.74 Å². The molecular formula is C22H24N4O3. The van der Waals surface area contributed by atoms with Crippen LogP contribution in [0.3, 0.4) is 0 Å². The molecule has 3 N–H and O–H groups in total. The van der Waals surface area contributed by atoms with E-state index in [1.54, 1.807) is 40.4 Å². The number of carbonyl (C=O) groups is 1. The molecule has 0 radical (unpaired) electrons. The lowest BCUT2D eigenvalue weighted by molar-refractivity contribution is -0.140. The Morgan fingerprint density at radius 2 is 1.72 bits per heavy atom. The first kappa shape index (κ1) is 20.1. The van der Waals surface area contributed by atoms with Gasteiger partial charge in [-0.1, -0.05) is 24.3 Å². The number of amidine groups is 1. The second kappa shape index (κ2) is 8.18. The van der Waals surface area contributed by atoms with Crippen LogP contribution in [0, 0.1) is 12.3 Å². The number of carbonyl (C=O) groups excluding carboxylic acids is 1. The molecule has 1 heterocycles. The molecular weight excluding hydrogens is 368 g/mol. The predicted octanol–water partition coefficient (Wildman–Crippen LogP) is 2.54. The van der Waals surface area contributed by atoms with E-state index >= 15 is 0 Å². The molecule has 2 aromatic carbocycles. The molecule has 7 nitrogen and oxygen atoms in total. The summed E-state index contributed by atoms with van der Waals surface area (Å²) in [6.45, 7) is 1.90. The fourth-order valence-corrected chi connectivity index (χ4v) is 3.41. The third kappa shape index (κ3) is 3.99. The van der Waals surface area contributed by atoms with E-state index in [4.69, 9.17) is 11.1 Å². The predicted molar refractivity (Wildman–Crippen MR) is 113 cm³/mol. The number of hydrogen-bond donors (Lipinski definition) is 2. The smallest absolute Gasteiger partial charge is 0.333 e. The van der Waals surface area contributed by atoms with Gasteiger partial charge in [0.2, 0.25) is 0 Å². The largest absolute Gasteiger partial charge is 0.469 e. The Balaban J connectivity index is 1.95. The highest BCUT2D eigenvalue weighted by molar-refractivity contribution is 5.95. The fraction of sp³-hybridized carbons (Fsp3) is 0.227. The fourth-order valence-electron chi connectivity index (χ4n) is 3.41. The Hall–Kier alpha value is -3.61. The van der Waals surface area contributed by atoms with Crippen molar-refractivity contribution in [1.82, 2.24) is 9.13 Å². The van der Waals surface area contributed by atoms with Gasteiger partial charge in [-0.05, 0) is 43.2 Å². The summed E-state index contributed by atoms with van der Waals surface area (Å²) in [5.74, 6) is -0.248. The van der Waals surface area contributed by atoms with E-state index in [9.17, 15) is 9.59 Å². The summed E-state index contributed by atoms with van der Waals surface area (Å²) in [4.78, 5) is 24.2. The highest BCUT2D eigenvalue weighted by Gasteiger charge is 2.17. The Morgan fingerprint density at radius 1 is 1.10 bits per heavy atom. The summed E-state index contributed by atoms with van der Waals surface area (Å²) < 4.78 is 7.94. The summed E-state index contributed by atoms with van der Waals surface area (Å²) in [7, 11) is 3.13. The van der Waals surface area contributed by atoms with Crippen LogP contribution >= 0.6 is 0 Å². The lowest BCUT2D eigenvalue weighted by Crippen LogP contribution is -2.21. The molecule has 0 saturated heterocycles. The van der Waals surface area contributed by atoms with Crippen LogP contribution in [0.25, 0.3) is 16.9 Å². The van der Waals surface area contributed by atoms with Crippen LogP contribution in [0.1, 0.15) is 23.2 Å². The molecule has 29 heavy (non-hydrogen) atoms. The van der Waals surface area contributed by atoms with Crippen LogP contribution in [-0.2, 0) is 23.0 Å². The van der Waals surface area contributed by atoms with E-state index < -0.39 is 0 Å². The van der Waals surface area contributed by atoms with Gasteiger partial charge in [0, 0.05) is 30.3 Å². The number of nitrogens with two attached hydrogens (primary N) is 1. The monoisotopic (exact) mass is 392 g/mol. The Morgan fingerprint density at radius 3 is 2.28 bits per heavy atom. The van der Waals surface area contributed by atoms with Crippen molar-refractivity contribution in [3.8, 4) is 16.9 Å². The maximum Gasteiger partial charge on any atom is 0.333 e. The number of nitrogen functional groups attached to an aromatic ring is 1. The first-order valence-corrected chi connectivity index (χ1v) is 9.22. The van der Waals surface area contributed by atoms with Crippen molar-refractivity contribution in [3.05, 3.63) is 75.8 Å². The van der Waals surface area contributed by atoms with Crippen molar-refractivity contribution in [2.75, 3.05) is 7.11 Å². The van der Waals surface area contributed by atoms with Gasteiger partial charge in [0.05, 0.1) is 18.5 Å². The zero-order valence-electron chi connectivity index (χ0n) is 16.7. The van der Waals surface area contributed by atoms with Crippen LogP contribution in [0.2, 0.25) is 0 Å². The number of aryl methyl sites for hydroxylation is 1. The summed E-state index contributed by atoms with van der Waals surface area (Å²) in [5, 5.41) is 7.51. The third-order valence-electron chi connectivity index (χ3n) is 5.00. The minimum Gasteiger partial charge on any atom is -0.469 e. The molecule has 0 atom stereocenters. The van der Waals surface area contributed by atoms with Gasteiger partial charge in [0.15, 0.2) is 0 Å². The molecule has 0 bridgehead atoms. The Bertz CT molecular complexity index is 1110. The maximum atomic E-state index is 12.9. The molecule has 0 aliphatic rings. The molecule has 0 amide bonds. The maximum absolute atomic E-state index is 12.9. The molecule has 1 aromatic heterocycles. The standard InChI is InChI=1S/C22H24N4O3/c1-14-20(16-7-4-15(5-8-16)6-13-19(27)29-3)25(2)22(28)26(14)18-11-9-17(10-12-18)21(23)24/h4-5,7-12H,6,13H2,1-3H3,(H3,23,24). The van der Waals surface area contributed by atoms with Gasteiger partial charge in [0.25, 0.3) is 0 Å². The molecule has 3 rings (SSSR count). The zero-order chi connectivity index (χ0) is 21.1. The average Bonchev–Trinajstić information content (AvgIpc) is 2.95. The van der Waals surface area contributed by atoms with Gasteiger partial charge in [-0.25, -0.2) is 4.79 Å². The second-order valence-corrected chi connectivity index (χ2v) is 6.84. The molecule has 0 fully saturated rings. The number of ether oxygens (including phenoxy) is 1. The van der Waals surface area contributed by atoms with Gasteiger partial charge in [-0.15, -0.1) is 0 Å². The number of benzene rings is 2. The van der Waals surface area contributed by atoms with Crippen LogP contribution in [-0.4, -0.2) is 28.0 Å². The number of hydrogen-bond acceptors (Lipinski definition) is 4. The number of imidazole rings is 1. The highest BCUT2D eigenvalue weighted by Crippen LogP contribution is 2.25. The zero-order valence-corrected chi connectivity index (χ0v) is 16.7. The van der Waals surface area contributed by atoms with E-state index in [0.717, 1.165) is 22.5 Å². The van der Waals surface area contributed by atoms with Crippen molar-refractivity contribution < 1.29 is 9.53 Å². The normalized spacial score (nSPS) is 10.7. The lowest BCUT2D eigenvalue weighted by Gasteiger charge is -2.08. The van der Waals surface area contributed by atoms with Crippen molar-refractivity contribution in [2.45, 2.75) is 19.8 Å². The average molecular weight is 392 g/mol. The van der Waals surface area contributed by atoms with Crippen LogP contribution in [0.4, 0.5) is 0 Å². The molecule has 0 unspecified atom stereocenters. The summed E-state index contributed by atoms with van der Waals surface area (Å²) in [6, 6.07) is 14.9. The third-order valence-corrected chi connectivity index (χ3v) is 5.00.